The number of fused-ring (bicyclic) bond motifs is 1. The lowest BCUT2D eigenvalue weighted by Gasteiger charge is -2.17. The van der Waals surface area contributed by atoms with Gasteiger partial charge in [0.25, 0.3) is 0 Å². The molecule has 0 atom stereocenters. The number of hydrogen-bond donors (Lipinski definition) is 2. The average Bonchev–Trinajstić information content (AvgIpc) is 3.32. The number of hydrogen-bond acceptors (Lipinski definition) is 5. The van der Waals surface area contributed by atoms with Gasteiger partial charge in [-0.1, -0.05) is 42.5 Å². The van der Waals surface area contributed by atoms with Gasteiger partial charge in [-0.25, -0.2) is 18.1 Å². The molecule has 0 bridgehead atoms. The summed E-state index contributed by atoms with van der Waals surface area (Å²) in [4.78, 5) is 7.58. The molecule has 1 heterocycles. The Kier molecular flexibility index (Phi) is 6.27. The second-order valence-corrected chi connectivity index (χ2v) is 10.2. The Labute approximate surface area is 192 Å². The molecule has 0 saturated heterocycles. The quantitative estimate of drug-likeness (QED) is 0.312. The van der Waals surface area contributed by atoms with E-state index < -0.39 is 10.0 Å². The summed E-state index contributed by atoms with van der Waals surface area (Å²) in [6.45, 7) is 0.147. The molecule has 3 aromatic carbocycles. The van der Waals surface area contributed by atoms with Crippen molar-refractivity contribution in [2.24, 2.45) is 10.7 Å². The molecule has 0 aliphatic rings. The molecule has 32 heavy (non-hydrogen) atoms. The van der Waals surface area contributed by atoms with Crippen LogP contribution >= 0.6 is 11.3 Å². The number of rotatable bonds is 7. The van der Waals surface area contributed by atoms with E-state index in [0.717, 1.165) is 21.5 Å². The van der Waals surface area contributed by atoms with E-state index in [1.54, 1.807) is 12.1 Å². The lowest BCUT2D eigenvalue weighted by molar-refractivity contribution is 0.582. The number of amidine groups is 1. The summed E-state index contributed by atoms with van der Waals surface area (Å²) in [5.41, 5.74) is 8.51. The number of sulfonamides is 1. The molecule has 6 nitrogen and oxygen atoms in total. The van der Waals surface area contributed by atoms with Crippen molar-refractivity contribution in [3.8, 4) is 0 Å². The zero-order valence-corrected chi connectivity index (χ0v) is 19.5. The fourth-order valence-corrected chi connectivity index (χ4v) is 5.36. The lowest BCUT2D eigenvalue weighted by atomic mass is 10.1. The first-order valence-electron chi connectivity index (χ1n) is 10.0. The number of nitrogens with one attached hydrogen (secondary N) is 1. The van der Waals surface area contributed by atoms with Gasteiger partial charge in [0.2, 0.25) is 10.0 Å². The van der Waals surface area contributed by atoms with Crippen molar-refractivity contribution in [3.63, 3.8) is 0 Å². The lowest BCUT2D eigenvalue weighted by Crippen LogP contribution is -2.23. The Morgan fingerprint density at radius 1 is 1.00 bits per heavy atom. The first kappa shape index (κ1) is 22.0. The van der Waals surface area contributed by atoms with E-state index in [9.17, 15) is 8.42 Å². The minimum atomic E-state index is -3.73. The number of benzene rings is 3. The van der Waals surface area contributed by atoms with Crippen molar-refractivity contribution in [1.82, 2.24) is 4.72 Å². The van der Waals surface area contributed by atoms with E-state index in [1.165, 1.54) is 11.3 Å². The van der Waals surface area contributed by atoms with E-state index in [1.807, 2.05) is 85.0 Å². The van der Waals surface area contributed by atoms with Gasteiger partial charge in [0.05, 0.1) is 15.5 Å². The number of anilines is 1. The van der Waals surface area contributed by atoms with Crippen LogP contribution in [0.4, 0.5) is 11.4 Å². The van der Waals surface area contributed by atoms with Crippen molar-refractivity contribution < 1.29 is 8.42 Å². The summed E-state index contributed by atoms with van der Waals surface area (Å²) in [6.07, 6.45) is 0. The third kappa shape index (κ3) is 4.67. The van der Waals surface area contributed by atoms with Crippen LogP contribution in [0.25, 0.3) is 10.8 Å². The molecule has 3 N–H and O–H groups in total. The highest BCUT2D eigenvalue weighted by atomic mass is 32.2. The van der Waals surface area contributed by atoms with Gasteiger partial charge >= 0.3 is 0 Å². The Bertz CT molecular complexity index is 1380. The molecule has 0 fully saturated rings. The molecular weight excluding hydrogens is 440 g/mol. The molecule has 0 amide bonds. The molecule has 0 spiro atoms. The normalized spacial score (nSPS) is 12.2. The number of nitrogens with zero attached hydrogens (tertiary/aromatic N) is 2. The minimum absolute atomic E-state index is 0.147. The van der Waals surface area contributed by atoms with Gasteiger partial charge in [0.15, 0.2) is 0 Å². The standard InChI is InChI=1S/C24H24N4O2S2/c1-28(2)21-11-4-10-20-19(21)9-5-13-23(20)32(29,30)26-16-17-7-3-8-18(15-17)27-24(25)22-12-6-14-31-22/h3-15,26H,16H2,1-2H3,(H2,25,27). The largest absolute Gasteiger partial charge is 0.383 e. The second-order valence-electron chi connectivity index (χ2n) is 7.49. The maximum absolute atomic E-state index is 13.1. The van der Waals surface area contributed by atoms with Crippen molar-refractivity contribution in [2.45, 2.75) is 11.4 Å². The van der Waals surface area contributed by atoms with Crippen LogP contribution in [0.15, 0.2) is 88.1 Å². The van der Waals surface area contributed by atoms with Crippen LogP contribution in [0.3, 0.4) is 0 Å². The maximum Gasteiger partial charge on any atom is 0.241 e. The topological polar surface area (TPSA) is 87.8 Å². The van der Waals surface area contributed by atoms with Crippen LogP contribution in [0.2, 0.25) is 0 Å². The Morgan fingerprint density at radius 3 is 2.50 bits per heavy atom. The summed E-state index contributed by atoms with van der Waals surface area (Å²) in [7, 11) is 0.152. The van der Waals surface area contributed by atoms with Crippen LogP contribution in [-0.2, 0) is 16.6 Å². The van der Waals surface area contributed by atoms with Gasteiger partial charge in [0.1, 0.15) is 5.84 Å². The molecule has 0 aliphatic carbocycles. The van der Waals surface area contributed by atoms with Crippen molar-refractivity contribution in [1.29, 1.82) is 0 Å². The van der Waals surface area contributed by atoms with Crippen molar-refractivity contribution in [2.75, 3.05) is 19.0 Å². The third-order valence-electron chi connectivity index (χ3n) is 5.03. The van der Waals surface area contributed by atoms with Crippen LogP contribution in [0.5, 0.6) is 0 Å². The van der Waals surface area contributed by atoms with Gasteiger partial charge in [-0.15, -0.1) is 11.3 Å². The highest BCUT2D eigenvalue weighted by molar-refractivity contribution is 7.89. The van der Waals surface area contributed by atoms with Crippen molar-refractivity contribution in [3.05, 3.63) is 88.6 Å². The zero-order valence-electron chi connectivity index (χ0n) is 17.8. The van der Waals surface area contributed by atoms with Gasteiger partial charge in [-0.2, -0.15) is 0 Å². The summed E-state index contributed by atoms with van der Waals surface area (Å²) in [6, 6.07) is 22.2. The highest BCUT2D eigenvalue weighted by Crippen LogP contribution is 2.30. The fourth-order valence-electron chi connectivity index (χ4n) is 3.50. The Hall–Kier alpha value is -3.20. The second kappa shape index (κ2) is 9.12. The fraction of sp³-hybridized carbons (Fsp3) is 0.125. The summed E-state index contributed by atoms with van der Waals surface area (Å²) in [5.74, 6) is 0.435. The molecule has 0 saturated carbocycles. The monoisotopic (exact) mass is 464 g/mol. The first-order chi connectivity index (χ1) is 15.3. The molecule has 1 aromatic heterocycles. The molecular formula is C24H24N4O2S2. The smallest absolute Gasteiger partial charge is 0.241 e. The van der Waals surface area contributed by atoms with Crippen molar-refractivity contribution >= 4 is 49.3 Å². The molecule has 0 radical (unpaired) electrons. The summed E-state index contributed by atoms with van der Waals surface area (Å²) in [5, 5.41) is 3.52. The minimum Gasteiger partial charge on any atom is -0.383 e. The molecule has 4 rings (SSSR count). The van der Waals surface area contributed by atoms with Gasteiger partial charge in [-0.05, 0) is 41.3 Å². The van der Waals surface area contributed by atoms with Gasteiger partial charge in [0, 0.05) is 37.1 Å². The van der Waals surface area contributed by atoms with Gasteiger partial charge in [-0.3, -0.25) is 0 Å². The molecule has 164 valence electrons. The Balaban J connectivity index is 1.58. The number of nitrogens with two attached hydrogens (primary N) is 1. The van der Waals surface area contributed by atoms with Crippen LogP contribution in [0, 0.1) is 0 Å². The predicted molar refractivity (Wildman–Crippen MR) is 133 cm³/mol. The molecule has 0 aliphatic heterocycles. The molecule has 4 aromatic rings. The van der Waals surface area contributed by atoms with E-state index in [4.69, 9.17) is 5.73 Å². The zero-order chi connectivity index (χ0) is 22.7. The number of aliphatic imine (C=N–C) groups is 1. The van der Waals surface area contributed by atoms with Gasteiger partial charge < -0.3 is 10.6 Å². The predicted octanol–water partition coefficient (Wildman–Crippen LogP) is 4.48. The van der Waals surface area contributed by atoms with Crippen LogP contribution in [0.1, 0.15) is 10.4 Å². The highest BCUT2D eigenvalue weighted by Gasteiger charge is 2.18. The first-order valence-corrected chi connectivity index (χ1v) is 12.4. The SMILES string of the molecule is CN(C)c1cccc2c(S(=O)(=O)NCc3cccc(N=C(N)c4cccs4)c3)cccc12. The Morgan fingerprint density at radius 2 is 1.75 bits per heavy atom. The summed E-state index contributed by atoms with van der Waals surface area (Å²) >= 11 is 1.52. The van der Waals surface area contributed by atoms with E-state index in [2.05, 4.69) is 9.71 Å². The number of thiophene rings is 1. The molecule has 0 unspecified atom stereocenters. The third-order valence-corrected chi connectivity index (χ3v) is 7.38. The van der Waals surface area contributed by atoms with Crippen LogP contribution < -0.4 is 15.4 Å². The van der Waals surface area contributed by atoms with E-state index >= 15 is 0 Å². The average molecular weight is 465 g/mol. The molecule has 8 heteroatoms. The maximum atomic E-state index is 13.1. The van der Waals surface area contributed by atoms with E-state index in [-0.39, 0.29) is 11.4 Å². The summed E-state index contributed by atoms with van der Waals surface area (Å²) < 4.78 is 29.0. The van der Waals surface area contributed by atoms with E-state index in [0.29, 0.717) is 16.9 Å². The van der Waals surface area contributed by atoms with Crippen LogP contribution in [-0.4, -0.2) is 28.3 Å².